The highest BCUT2D eigenvalue weighted by atomic mass is 32.2. The number of benzene rings is 2. The van der Waals surface area contributed by atoms with Gasteiger partial charge in [-0.25, -0.2) is 13.4 Å². The van der Waals surface area contributed by atoms with E-state index in [0.717, 1.165) is 5.56 Å². The van der Waals surface area contributed by atoms with Gasteiger partial charge >= 0.3 is 0 Å². The highest BCUT2D eigenvalue weighted by molar-refractivity contribution is 7.91. The number of oxazole rings is 1. The van der Waals surface area contributed by atoms with Gasteiger partial charge < -0.3 is 14.1 Å². The highest BCUT2D eigenvalue weighted by Gasteiger charge is 2.26. The molecule has 140 valence electrons. The SMILES string of the molecule is COc1cccc(-c2nc3ccc(C(=O)N4CCS(=O)(=O)CC4)cc3o2)c1. The predicted octanol–water partition coefficient (Wildman–Crippen LogP) is 2.37. The monoisotopic (exact) mass is 386 g/mol. The molecule has 2 aromatic carbocycles. The summed E-state index contributed by atoms with van der Waals surface area (Å²) in [5, 5.41) is 0. The fourth-order valence-corrected chi connectivity index (χ4v) is 4.24. The number of ether oxygens (including phenoxy) is 1. The minimum absolute atomic E-state index is 0.00325. The van der Waals surface area contributed by atoms with E-state index in [9.17, 15) is 13.2 Å². The van der Waals surface area contributed by atoms with E-state index in [1.54, 1.807) is 30.2 Å². The summed E-state index contributed by atoms with van der Waals surface area (Å²) in [7, 11) is -1.44. The lowest BCUT2D eigenvalue weighted by Crippen LogP contribution is -2.43. The first-order valence-corrected chi connectivity index (χ1v) is 10.3. The maximum absolute atomic E-state index is 12.7. The van der Waals surface area contributed by atoms with Crippen molar-refractivity contribution in [2.75, 3.05) is 31.7 Å². The zero-order valence-corrected chi connectivity index (χ0v) is 15.5. The Kier molecular flexibility index (Phi) is 4.35. The van der Waals surface area contributed by atoms with Crippen molar-refractivity contribution < 1.29 is 22.4 Å². The van der Waals surface area contributed by atoms with Gasteiger partial charge in [-0.05, 0) is 36.4 Å². The lowest BCUT2D eigenvalue weighted by molar-refractivity contribution is 0.0770. The number of hydrogen-bond donors (Lipinski definition) is 0. The van der Waals surface area contributed by atoms with E-state index in [1.807, 2.05) is 24.3 Å². The van der Waals surface area contributed by atoms with Crippen molar-refractivity contribution in [1.29, 1.82) is 0 Å². The lowest BCUT2D eigenvalue weighted by Gasteiger charge is -2.26. The molecule has 0 atom stereocenters. The van der Waals surface area contributed by atoms with Crippen LogP contribution in [0.2, 0.25) is 0 Å². The Morgan fingerprint density at radius 2 is 1.93 bits per heavy atom. The zero-order chi connectivity index (χ0) is 19.0. The van der Waals surface area contributed by atoms with E-state index < -0.39 is 9.84 Å². The number of methoxy groups -OCH3 is 1. The van der Waals surface area contributed by atoms with Gasteiger partial charge in [-0.15, -0.1) is 0 Å². The molecule has 0 bridgehead atoms. The molecule has 27 heavy (non-hydrogen) atoms. The summed E-state index contributed by atoms with van der Waals surface area (Å²) in [6.45, 7) is 0.426. The van der Waals surface area contributed by atoms with Crippen LogP contribution in [0.3, 0.4) is 0 Å². The molecule has 0 spiro atoms. The Morgan fingerprint density at radius 1 is 1.15 bits per heavy atom. The number of sulfone groups is 1. The number of carbonyl (C=O) groups is 1. The number of carbonyl (C=O) groups excluding carboxylic acids is 1. The third kappa shape index (κ3) is 3.52. The van der Waals surface area contributed by atoms with Gasteiger partial charge in [0.2, 0.25) is 5.89 Å². The minimum atomic E-state index is -3.03. The Morgan fingerprint density at radius 3 is 2.67 bits per heavy atom. The van der Waals surface area contributed by atoms with Crippen LogP contribution in [-0.2, 0) is 9.84 Å². The summed E-state index contributed by atoms with van der Waals surface area (Å²) in [4.78, 5) is 18.7. The molecule has 8 heteroatoms. The molecule has 1 aliphatic heterocycles. The standard InChI is InChI=1S/C19H18N2O5S/c1-25-15-4-2-3-13(11-15)18-20-16-6-5-14(12-17(16)26-18)19(22)21-7-9-27(23,24)10-8-21/h2-6,11-12H,7-10H2,1H3. The highest BCUT2D eigenvalue weighted by Crippen LogP contribution is 2.27. The number of fused-ring (bicyclic) bond motifs is 1. The maximum Gasteiger partial charge on any atom is 0.254 e. The molecule has 0 radical (unpaired) electrons. The molecule has 1 aliphatic rings. The molecule has 0 aliphatic carbocycles. The number of rotatable bonds is 3. The molecule has 4 rings (SSSR count). The molecule has 7 nitrogen and oxygen atoms in total. The number of amides is 1. The second kappa shape index (κ2) is 6.70. The molecule has 3 aromatic rings. The molecule has 1 saturated heterocycles. The normalized spacial score (nSPS) is 16.4. The fraction of sp³-hybridized carbons (Fsp3) is 0.263. The Bertz CT molecular complexity index is 1110. The van der Waals surface area contributed by atoms with E-state index >= 15 is 0 Å². The van der Waals surface area contributed by atoms with Crippen molar-refractivity contribution in [3.8, 4) is 17.2 Å². The Hall–Kier alpha value is -2.87. The minimum Gasteiger partial charge on any atom is -0.497 e. The number of hydrogen-bond acceptors (Lipinski definition) is 6. The third-order valence-corrected chi connectivity index (χ3v) is 6.19. The van der Waals surface area contributed by atoms with Gasteiger partial charge in [-0.1, -0.05) is 6.07 Å². The maximum atomic E-state index is 12.7. The summed E-state index contributed by atoms with van der Waals surface area (Å²) < 4.78 is 34.1. The quantitative estimate of drug-likeness (QED) is 0.687. The first-order chi connectivity index (χ1) is 12.9. The topological polar surface area (TPSA) is 89.7 Å². The molecular weight excluding hydrogens is 368 g/mol. The van der Waals surface area contributed by atoms with Crippen molar-refractivity contribution in [3.63, 3.8) is 0 Å². The first kappa shape index (κ1) is 17.5. The Balaban J connectivity index is 1.62. The number of nitrogens with zero attached hydrogens (tertiary/aromatic N) is 2. The molecule has 2 heterocycles. The van der Waals surface area contributed by atoms with E-state index in [4.69, 9.17) is 9.15 Å². The van der Waals surface area contributed by atoms with Gasteiger partial charge in [0.15, 0.2) is 15.4 Å². The van der Waals surface area contributed by atoms with Gasteiger partial charge in [0.1, 0.15) is 11.3 Å². The predicted molar refractivity (Wildman–Crippen MR) is 101 cm³/mol. The van der Waals surface area contributed by atoms with E-state index in [2.05, 4.69) is 4.98 Å². The summed E-state index contributed by atoms with van der Waals surface area (Å²) in [6, 6.07) is 12.4. The van der Waals surface area contributed by atoms with E-state index in [1.165, 1.54) is 0 Å². The van der Waals surface area contributed by atoms with Crippen LogP contribution < -0.4 is 4.74 Å². The molecule has 0 saturated carbocycles. The summed E-state index contributed by atoms with van der Waals surface area (Å²) >= 11 is 0. The van der Waals surface area contributed by atoms with Crippen molar-refractivity contribution in [3.05, 3.63) is 48.0 Å². The summed E-state index contributed by atoms with van der Waals surface area (Å²) in [5.41, 5.74) is 2.38. The van der Waals surface area contributed by atoms with Gasteiger partial charge in [0.25, 0.3) is 5.91 Å². The van der Waals surface area contributed by atoms with Gasteiger partial charge in [-0.3, -0.25) is 4.79 Å². The van der Waals surface area contributed by atoms with E-state index in [-0.39, 0.29) is 30.5 Å². The van der Waals surface area contributed by atoms with Crippen LogP contribution in [-0.4, -0.2) is 55.9 Å². The first-order valence-electron chi connectivity index (χ1n) is 8.50. The fourth-order valence-electron chi connectivity index (χ4n) is 3.04. The second-order valence-electron chi connectivity index (χ2n) is 6.38. The average Bonchev–Trinajstić information content (AvgIpc) is 3.11. The molecule has 1 aromatic heterocycles. The molecular formula is C19H18N2O5S. The second-order valence-corrected chi connectivity index (χ2v) is 8.68. The molecule has 1 fully saturated rings. The van der Waals surface area contributed by atoms with Crippen LogP contribution in [0.4, 0.5) is 0 Å². The van der Waals surface area contributed by atoms with Crippen molar-refractivity contribution >= 4 is 26.8 Å². The van der Waals surface area contributed by atoms with Crippen LogP contribution >= 0.6 is 0 Å². The molecule has 0 N–H and O–H groups in total. The van der Waals surface area contributed by atoms with Gasteiger partial charge in [0.05, 0.1) is 18.6 Å². The molecule has 1 amide bonds. The Labute approximate surface area is 156 Å². The number of aromatic nitrogens is 1. The largest absolute Gasteiger partial charge is 0.497 e. The van der Waals surface area contributed by atoms with Gasteiger partial charge in [-0.2, -0.15) is 0 Å². The lowest BCUT2D eigenvalue weighted by atomic mass is 10.2. The van der Waals surface area contributed by atoms with Crippen LogP contribution in [0.5, 0.6) is 5.75 Å². The van der Waals surface area contributed by atoms with E-state index in [0.29, 0.717) is 28.3 Å². The average molecular weight is 386 g/mol. The summed E-state index contributed by atoms with van der Waals surface area (Å²) in [6.07, 6.45) is 0. The van der Waals surface area contributed by atoms with Crippen LogP contribution in [0.25, 0.3) is 22.6 Å². The van der Waals surface area contributed by atoms with Crippen LogP contribution in [0.1, 0.15) is 10.4 Å². The van der Waals surface area contributed by atoms with Crippen LogP contribution in [0, 0.1) is 0 Å². The van der Waals surface area contributed by atoms with Crippen molar-refractivity contribution in [1.82, 2.24) is 9.88 Å². The smallest absolute Gasteiger partial charge is 0.254 e. The summed E-state index contributed by atoms with van der Waals surface area (Å²) in [5.74, 6) is 0.946. The van der Waals surface area contributed by atoms with Crippen molar-refractivity contribution in [2.45, 2.75) is 0 Å². The zero-order valence-electron chi connectivity index (χ0n) is 14.7. The van der Waals surface area contributed by atoms with Gasteiger partial charge in [0, 0.05) is 24.2 Å². The van der Waals surface area contributed by atoms with Crippen molar-refractivity contribution in [2.24, 2.45) is 0 Å². The third-order valence-electron chi connectivity index (χ3n) is 4.58. The molecule has 0 unspecified atom stereocenters. The van der Waals surface area contributed by atoms with Crippen LogP contribution in [0.15, 0.2) is 46.9 Å².